The number of rotatable bonds is 3. The molecule has 1 unspecified atom stereocenters. The molecule has 1 saturated heterocycles. The number of ether oxygens (including phenoxy) is 1. The zero-order valence-corrected chi connectivity index (χ0v) is 7.15. The van der Waals surface area contributed by atoms with Gasteiger partial charge in [-0.25, -0.2) is 0 Å². The van der Waals surface area contributed by atoms with E-state index < -0.39 is 0 Å². The first-order chi connectivity index (χ1) is 5.93. The maximum atomic E-state index is 5.47. The van der Waals surface area contributed by atoms with Gasteiger partial charge in [0, 0.05) is 12.8 Å². The third-order valence-corrected chi connectivity index (χ3v) is 1.84. The quantitative estimate of drug-likeness (QED) is 0.381. The predicted octanol–water partition coefficient (Wildman–Crippen LogP) is 0.571. The summed E-state index contributed by atoms with van der Waals surface area (Å²) in [7, 11) is 0. The largest absolute Gasteiger partial charge is 0.376 e. The predicted molar refractivity (Wildman–Crippen MR) is 49.6 cm³/mol. The van der Waals surface area contributed by atoms with Crippen molar-refractivity contribution >= 4 is 12.4 Å². The van der Waals surface area contributed by atoms with E-state index >= 15 is 0 Å². The van der Waals surface area contributed by atoms with Crippen LogP contribution < -0.4 is 5.84 Å². The van der Waals surface area contributed by atoms with E-state index in [0.717, 1.165) is 19.6 Å². The van der Waals surface area contributed by atoms with Crippen LogP contribution in [0.3, 0.4) is 0 Å². The lowest BCUT2D eigenvalue weighted by molar-refractivity contribution is 0.0226. The van der Waals surface area contributed by atoms with Gasteiger partial charge in [-0.2, -0.15) is 5.10 Å². The number of hydrogen-bond donors (Lipinski definition) is 1. The third kappa shape index (κ3) is 3.48. The second-order valence-corrected chi connectivity index (χ2v) is 2.80. The summed E-state index contributed by atoms with van der Waals surface area (Å²) in [6, 6.07) is 0. The van der Waals surface area contributed by atoms with Crippen LogP contribution in [0.25, 0.3) is 0 Å². The average molecular weight is 169 g/mol. The zero-order valence-electron chi connectivity index (χ0n) is 7.15. The summed E-state index contributed by atoms with van der Waals surface area (Å²) in [5, 5.41) is 3.30. The number of nitrogens with zero attached hydrogens (tertiary/aromatic N) is 2. The monoisotopic (exact) mass is 169 g/mol. The van der Waals surface area contributed by atoms with Gasteiger partial charge < -0.3 is 10.6 Å². The fraction of sp³-hybridized carbons (Fsp3) is 0.750. The number of aliphatic imine (C=N–C) groups is 1. The molecule has 0 spiro atoms. The minimum Gasteiger partial charge on any atom is -0.376 e. The standard InChI is InChI=1S/C8H15N3O/c9-11-5-4-10-7-8-3-1-2-6-12-8/h4-5,8H,1-3,6-7,9H2/b10-4?,11-5-. The zero-order chi connectivity index (χ0) is 8.65. The molecular weight excluding hydrogens is 154 g/mol. The van der Waals surface area contributed by atoms with Gasteiger partial charge in [0.15, 0.2) is 0 Å². The van der Waals surface area contributed by atoms with E-state index in [1.807, 2.05) is 0 Å². The summed E-state index contributed by atoms with van der Waals surface area (Å²) in [5.74, 6) is 4.89. The van der Waals surface area contributed by atoms with Crippen molar-refractivity contribution < 1.29 is 4.74 Å². The van der Waals surface area contributed by atoms with Crippen molar-refractivity contribution in [3.8, 4) is 0 Å². The molecule has 2 N–H and O–H groups in total. The van der Waals surface area contributed by atoms with Crippen LogP contribution in [0.5, 0.6) is 0 Å². The molecule has 1 rings (SSSR count). The van der Waals surface area contributed by atoms with Crippen molar-refractivity contribution in [2.24, 2.45) is 15.9 Å². The Bertz CT molecular complexity index is 162. The van der Waals surface area contributed by atoms with Crippen LogP contribution in [-0.4, -0.2) is 31.7 Å². The molecule has 4 nitrogen and oxygen atoms in total. The van der Waals surface area contributed by atoms with Crippen LogP contribution in [0, 0.1) is 0 Å². The highest BCUT2D eigenvalue weighted by Gasteiger charge is 2.11. The van der Waals surface area contributed by atoms with E-state index in [2.05, 4.69) is 10.1 Å². The van der Waals surface area contributed by atoms with E-state index in [4.69, 9.17) is 10.6 Å². The van der Waals surface area contributed by atoms with E-state index in [1.54, 1.807) is 6.21 Å². The van der Waals surface area contributed by atoms with Gasteiger partial charge >= 0.3 is 0 Å². The van der Waals surface area contributed by atoms with Gasteiger partial charge in [-0.1, -0.05) is 0 Å². The number of hydrazone groups is 1. The maximum absolute atomic E-state index is 5.47. The third-order valence-electron chi connectivity index (χ3n) is 1.84. The Kier molecular flexibility index (Phi) is 4.37. The minimum absolute atomic E-state index is 0.307. The Morgan fingerprint density at radius 2 is 2.33 bits per heavy atom. The van der Waals surface area contributed by atoms with Crippen LogP contribution in [0.2, 0.25) is 0 Å². The fourth-order valence-electron chi connectivity index (χ4n) is 1.22. The molecule has 0 saturated carbocycles. The molecule has 68 valence electrons. The second kappa shape index (κ2) is 5.71. The molecule has 0 bridgehead atoms. The van der Waals surface area contributed by atoms with E-state index in [0.29, 0.717) is 6.10 Å². The molecule has 1 fully saturated rings. The molecule has 0 amide bonds. The topological polar surface area (TPSA) is 60.0 Å². The molecule has 0 aromatic heterocycles. The van der Waals surface area contributed by atoms with E-state index in [-0.39, 0.29) is 0 Å². The van der Waals surface area contributed by atoms with Crippen molar-refractivity contribution in [2.75, 3.05) is 13.2 Å². The van der Waals surface area contributed by atoms with Crippen LogP contribution >= 0.6 is 0 Å². The molecule has 0 aliphatic carbocycles. The molecular formula is C8H15N3O. The minimum atomic E-state index is 0.307. The van der Waals surface area contributed by atoms with Crippen LogP contribution in [0.4, 0.5) is 0 Å². The first-order valence-electron chi connectivity index (χ1n) is 4.27. The molecule has 12 heavy (non-hydrogen) atoms. The summed E-state index contributed by atoms with van der Waals surface area (Å²) in [6.45, 7) is 1.61. The molecule has 1 aliphatic rings. The molecule has 0 radical (unpaired) electrons. The van der Waals surface area contributed by atoms with Gasteiger partial charge in [0.1, 0.15) is 0 Å². The molecule has 4 heteroatoms. The van der Waals surface area contributed by atoms with Gasteiger partial charge in [-0.15, -0.1) is 0 Å². The van der Waals surface area contributed by atoms with Crippen molar-refractivity contribution in [3.05, 3.63) is 0 Å². The Morgan fingerprint density at radius 1 is 1.42 bits per heavy atom. The molecule has 1 aliphatic heterocycles. The van der Waals surface area contributed by atoms with E-state index in [9.17, 15) is 0 Å². The highest BCUT2D eigenvalue weighted by molar-refractivity contribution is 6.15. The summed E-state index contributed by atoms with van der Waals surface area (Å²) in [5.41, 5.74) is 0. The molecule has 1 atom stereocenters. The Labute approximate surface area is 72.5 Å². The Morgan fingerprint density at radius 3 is 3.00 bits per heavy atom. The first-order valence-corrected chi connectivity index (χ1v) is 4.27. The second-order valence-electron chi connectivity index (χ2n) is 2.80. The summed E-state index contributed by atoms with van der Waals surface area (Å²) < 4.78 is 5.47. The van der Waals surface area contributed by atoms with Gasteiger partial charge in [-0.3, -0.25) is 4.99 Å². The lowest BCUT2D eigenvalue weighted by Crippen LogP contribution is -2.21. The SMILES string of the molecule is N/N=C\C=NCC1CCCCO1. The molecule has 0 aromatic carbocycles. The normalized spacial score (nSPS) is 25.5. The summed E-state index contributed by atoms with van der Waals surface area (Å²) in [4.78, 5) is 4.11. The van der Waals surface area contributed by atoms with Crippen LogP contribution in [-0.2, 0) is 4.74 Å². The lowest BCUT2D eigenvalue weighted by Gasteiger charge is -2.20. The Balaban J connectivity index is 2.12. The van der Waals surface area contributed by atoms with Crippen molar-refractivity contribution in [1.82, 2.24) is 0 Å². The van der Waals surface area contributed by atoms with E-state index in [1.165, 1.54) is 19.1 Å². The van der Waals surface area contributed by atoms with Crippen LogP contribution in [0.1, 0.15) is 19.3 Å². The van der Waals surface area contributed by atoms with Crippen molar-refractivity contribution in [2.45, 2.75) is 25.4 Å². The highest BCUT2D eigenvalue weighted by atomic mass is 16.5. The van der Waals surface area contributed by atoms with Crippen molar-refractivity contribution in [3.63, 3.8) is 0 Å². The molecule has 0 aromatic rings. The molecule has 1 heterocycles. The summed E-state index contributed by atoms with van der Waals surface area (Å²) in [6.07, 6.45) is 6.95. The van der Waals surface area contributed by atoms with Crippen LogP contribution in [0.15, 0.2) is 10.1 Å². The Hall–Kier alpha value is -0.900. The van der Waals surface area contributed by atoms with Gasteiger partial charge in [0.25, 0.3) is 0 Å². The number of hydrogen-bond acceptors (Lipinski definition) is 4. The maximum Gasteiger partial charge on any atom is 0.0770 e. The lowest BCUT2D eigenvalue weighted by atomic mass is 10.1. The number of nitrogens with two attached hydrogens (primary N) is 1. The van der Waals surface area contributed by atoms with Gasteiger partial charge in [-0.05, 0) is 19.3 Å². The average Bonchev–Trinajstić information content (AvgIpc) is 2.14. The van der Waals surface area contributed by atoms with Gasteiger partial charge in [0.2, 0.25) is 0 Å². The summed E-state index contributed by atoms with van der Waals surface area (Å²) >= 11 is 0. The highest BCUT2D eigenvalue weighted by Crippen LogP contribution is 2.12. The smallest absolute Gasteiger partial charge is 0.0770 e. The first kappa shape index (κ1) is 9.19. The fourth-order valence-corrected chi connectivity index (χ4v) is 1.22. The van der Waals surface area contributed by atoms with Crippen molar-refractivity contribution in [1.29, 1.82) is 0 Å². The van der Waals surface area contributed by atoms with Gasteiger partial charge in [0.05, 0.1) is 18.9 Å².